The molecule has 120 valence electrons. The second-order valence-corrected chi connectivity index (χ2v) is 5.84. The van der Waals surface area contributed by atoms with Crippen LogP contribution < -0.4 is 4.90 Å². The summed E-state index contributed by atoms with van der Waals surface area (Å²) in [6, 6.07) is 13.5. The van der Waals surface area contributed by atoms with E-state index in [-0.39, 0.29) is 5.91 Å². The maximum atomic E-state index is 13.0. The molecule has 1 aliphatic rings. The van der Waals surface area contributed by atoms with Crippen LogP contribution in [0, 0.1) is 0 Å². The van der Waals surface area contributed by atoms with Gasteiger partial charge in [0.1, 0.15) is 5.76 Å². The number of amides is 1. The molecule has 0 aliphatic carbocycles. The van der Waals surface area contributed by atoms with Gasteiger partial charge in [0, 0.05) is 0 Å². The number of quaternary nitrogens is 1. The monoisotopic (exact) mass is 311 g/mol. The van der Waals surface area contributed by atoms with Gasteiger partial charge in [-0.2, -0.15) is 0 Å². The number of carbonyl (C=O) groups is 1. The van der Waals surface area contributed by atoms with E-state index in [4.69, 9.17) is 4.42 Å². The quantitative estimate of drug-likeness (QED) is 0.871. The van der Waals surface area contributed by atoms with Gasteiger partial charge in [-0.3, -0.25) is 4.79 Å². The summed E-state index contributed by atoms with van der Waals surface area (Å²) in [5, 5.41) is 0. The first kappa shape index (κ1) is 15.6. The average Bonchev–Trinajstić information content (AvgIpc) is 3.13. The third-order valence-electron chi connectivity index (χ3n) is 4.40. The number of carbonyl (C=O) groups excluding carboxylic acids is 1. The summed E-state index contributed by atoms with van der Waals surface area (Å²) in [5.74, 6) is 0.790. The zero-order chi connectivity index (χ0) is 16.1. The molecular weight excluding hydrogens is 288 g/mol. The molecule has 0 saturated carbocycles. The van der Waals surface area contributed by atoms with Crippen molar-refractivity contribution in [3.05, 3.63) is 60.1 Å². The number of nitrogens with one attached hydrogen (secondary N) is 1. The van der Waals surface area contributed by atoms with Gasteiger partial charge < -0.3 is 14.2 Å². The molecular formula is C19H23N2O2+. The third kappa shape index (κ3) is 3.71. The molecule has 2 aromatic rings. The Labute approximate surface area is 137 Å². The molecule has 0 unspecified atom stereocenters. The molecule has 1 amide bonds. The molecule has 0 bridgehead atoms. The maximum absolute atomic E-state index is 13.0. The highest BCUT2D eigenvalue weighted by Gasteiger charge is 2.25. The fraction of sp³-hybridized carbons (Fsp3) is 0.316. The molecule has 1 aromatic heterocycles. The van der Waals surface area contributed by atoms with Gasteiger partial charge in [0.2, 0.25) is 0 Å². The molecule has 4 nitrogen and oxygen atoms in total. The maximum Gasteiger partial charge on any atom is 0.255 e. The predicted molar refractivity (Wildman–Crippen MR) is 90.8 cm³/mol. The minimum absolute atomic E-state index is 0.0859. The van der Waals surface area contributed by atoms with Crippen LogP contribution in [-0.4, -0.2) is 43.5 Å². The van der Waals surface area contributed by atoms with E-state index in [9.17, 15) is 4.79 Å². The highest BCUT2D eigenvalue weighted by molar-refractivity contribution is 6.24. The highest BCUT2D eigenvalue weighted by atomic mass is 16.3. The summed E-state index contributed by atoms with van der Waals surface area (Å²) >= 11 is 0. The van der Waals surface area contributed by atoms with E-state index < -0.39 is 0 Å². The summed E-state index contributed by atoms with van der Waals surface area (Å²) in [4.78, 5) is 16.5. The summed E-state index contributed by atoms with van der Waals surface area (Å²) < 4.78 is 5.41. The molecule has 1 aliphatic heterocycles. The number of rotatable bonds is 4. The highest BCUT2D eigenvalue weighted by Crippen LogP contribution is 2.21. The Bertz CT molecular complexity index is 654. The van der Waals surface area contributed by atoms with E-state index in [2.05, 4.69) is 6.92 Å². The van der Waals surface area contributed by atoms with Crippen molar-refractivity contribution in [2.24, 2.45) is 0 Å². The first-order valence-corrected chi connectivity index (χ1v) is 8.21. The lowest BCUT2D eigenvalue weighted by Gasteiger charge is -2.32. The molecule has 0 spiro atoms. The Morgan fingerprint density at radius 3 is 2.52 bits per heavy atom. The number of benzene rings is 1. The normalized spacial score (nSPS) is 16.6. The SMILES string of the molecule is CC[NH+]1CCN(C(=O)/C(=C/c2ccco2)c2ccccc2)CC1. The summed E-state index contributed by atoms with van der Waals surface area (Å²) in [6.07, 6.45) is 3.47. The van der Waals surface area contributed by atoms with Crippen LogP contribution in [0.4, 0.5) is 0 Å². The van der Waals surface area contributed by atoms with E-state index in [1.165, 1.54) is 0 Å². The Hall–Kier alpha value is -2.33. The molecule has 4 heteroatoms. The largest absolute Gasteiger partial charge is 0.465 e. The minimum Gasteiger partial charge on any atom is -0.465 e. The number of nitrogens with zero attached hydrogens (tertiary/aromatic N) is 1. The molecule has 23 heavy (non-hydrogen) atoms. The van der Waals surface area contributed by atoms with Gasteiger partial charge in [0.15, 0.2) is 0 Å². The van der Waals surface area contributed by atoms with E-state index in [1.807, 2.05) is 53.4 Å². The van der Waals surface area contributed by atoms with Gasteiger partial charge in [-0.25, -0.2) is 0 Å². The molecule has 1 aromatic carbocycles. The Morgan fingerprint density at radius 1 is 1.17 bits per heavy atom. The lowest BCUT2D eigenvalue weighted by molar-refractivity contribution is -0.902. The molecule has 1 saturated heterocycles. The van der Waals surface area contributed by atoms with Crippen LogP contribution in [0.5, 0.6) is 0 Å². The fourth-order valence-corrected chi connectivity index (χ4v) is 2.95. The summed E-state index contributed by atoms with van der Waals surface area (Å²) in [6.45, 7) is 6.97. The number of likely N-dealkylation sites (N-methyl/N-ethyl adjacent to an activating group) is 1. The zero-order valence-corrected chi connectivity index (χ0v) is 13.5. The Morgan fingerprint density at radius 2 is 1.91 bits per heavy atom. The second-order valence-electron chi connectivity index (χ2n) is 5.84. The first-order valence-electron chi connectivity index (χ1n) is 8.21. The van der Waals surface area contributed by atoms with Gasteiger partial charge >= 0.3 is 0 Å². The predicted octanol–water partition coefficient (Wildman–Crippen LogP) is 1.57. The van der Waals surface area contributed by atoms with Crippen LogP contribution in [0.15, 0.2) is 53.1 Å². The molecule has 3 rings (SSSR count). The number of piperazine rings is 1. The lowest BCUT2D eigenvalue weighted by atomic mass is 10.0. The zero-order valence-electron chi connectivity index (χ0n) is 13.5. The number of furan rings is 1. The molecule has 0 atom stereocenters. The van der Waals surface area contributed by atoms with Gasteiger partial charge in [-0.15, -0.1) is 0 Å². The van der Waals surface area contributed by atoms with Crippen LogP contribution in [0.3, 0.4) is 0 Å². The molecule has 1 fully saturated rings. The molecule has 2 heterocycles. The Kier molecular flexibility index (Phi) is 4.93. The van der Waals surface area contributed by atoms with E-state index in [1.54, 1.807) is 11.2 Å². The van der Waals surface area contributed by atoms with Crippen molar-refractivity contribution >= 4 is 17.6 Å². The van der Waals surface area contributed by atoms with Crippen LogP contribution in [0.25, 0.3) is 11.6 Å². The standard InChI is InChI=1S/C19H22N2O2/c1-2-20-10-12-21(13-11-20)19(22)18(15-17-9-6-14-23-17)16-7-4-3-5-8-16/h3-9,14-15H,2,10-13H2,1H3/p+1/b18-15+. The van der Waals surface area contributed by atoms with E-state index >= 15 is 0 Å². The smallest absolute Gasteiger partial charge is 0.255 e. The van der Waals surface area contributed by atoms with Crippen LogP contribution in [0.2, 0.25) is 0 Å². The second kappa shape index (κ2) is 7.29. The van der Waals surface area contributed by atoms with E-state index in [0.29, 0.717) is 11.3 Å². The van der Waals surface area contributed by atoms with Crippen molar-refractivity contribution in [3.63, 3.8) is 0 Å². The topological polar surface area (TPSA) is 37.9 Å². The molecule has 1 N–H and O–H groups in total. The van der Waals surface area contributed by atoms with E-state index in [0.717, 1.165) is 38.3 Å². The minimum atomic E-state index is 0.0859. The summed E-state index contributed by atoms with van der Waals surface area (Å²) in [5.41, 5.74) is 1.62. The van der Waals surface area contributed by atoms with Crippen molar-refractivity contribution < 1.29 is 14.1 Å². The van der Waals surface area contributed by atoms with Crippen molar-refractivity contribution in [1.29, 1.82) is 0 Å². The van der Waals surface area contributed by atoms with Crippen LogP contribution in [-0.2, 0) is 4.79 Å². The lowest BCUT2D eigenvalue weighted by Crippen LogP contribution is -3.14. The van der Waals surface area contributed by atoms with Crippen LogP contribution >= 0.6 is 0 Å². The first-order chi connectivity index (χ1) is 11.3. The van der Waals surface area contributed by atoms with Gasteiger partial charge in [-0.05, 0) is 30.7 Å². The number of hydrogen-bond acceptors (Lipinski definition) is 2. The Balaban J connectivity index is 1.85. The summed E-state index contributed by atoms with van der Waals surface area (Å²) in [7, 11) is 0. The van der Waals surface area contributed by atoms with Gasteiger partial charge in [0.05, 0.1) is 44.6 Å². The van der Waals surface area contributed by atoms with Crippen LogP contribution in [0.1, 0.15) is 18.2 Å². The van der Waals surface area contributed by atoms with Gasteiger partial charge in [0.25, 0.3) is 5.91 Å². The van der Waals surface area contributed by atoms with Crippen molar-refractivity contribution in [2.45, 2.75) is 6.92 Å². The molecule has 0 radical (unpaired) electrons. The fourth-order valence-electron chi connectivity index (χ4n) is 2.95. The van der Waals surface area contributed by atoms with Crippen molar-refractivity contribution in [3.8, 4) is 0 Å². The van der Waals surface area contributed by atoms with Crippen molar-refractivity contribution in [2.75, 3.05) is 32.7 Å². The number of hydrogen-bond donors (Lipinski definition) is 1. The van der Waals surface area contributed by atoms with Crippen molar-refractivity contribution in [1.82, 2.24) is 4.90 Å². The third-order valence-corrected chi connectivity index (χ3v) is 4.40. The average molecular weight is 311 g/mol. The van der Waals surface area contributed by atoms with Gasteiger partial charge in [-0.1, -0.05) is 30.3 Å².